The number of halogens is 4. The first-order valence-electron chi connectivity index (χ1n) is 14.7. The van der Waals surface area contributed by atoms with Crippen LogP contribution in [0.2, 0.25) is 10.0 Å². The summed E-state index contributed by atoms with van der Waals surface area (Å²) in [6, 6.07) is 11.8. The Morgan fingerprint density at radius 2 is 1.68 bits per heavy atom. The number of amides is 1. The van der Waals surface area contributed by atoms with Crippen LogP contribution in [0.15, 0.2) is 54.9 Å². The average molecular weight is 652 g/mol. The summed E-state index contributed by atoms with van der Waals surface area (Å²) in [6.45, 7) is 4.38. The number of carbonyl (C=O) groups is 1. The summed E-state index contributed by atoms with van der Waals surface area (Å²) in [5.74, 6) is -1.31. The molecule has 2 atom stereocenters. The maximum Gasteiger partial charge on any atom is 0.257 e. The molecule has 3 aliphatic heterocycles. The first-order chi connectivity index (χ1) is 21.0. The van der Waals surface area contributed by atoms with E-state index in [0.717, 1.165) is 29.2 Å². The molecule has 2 N–H and O–H groups in total. The van der Waals surface area contributed by atoms with Gasteiger partial charge in [-0.15, -0.1) is 0 Å². The van der Waals surface area contributed by atoms with Crippen molar-refractivity contribution in [2.75, 3.05) is 33.4 Å². The van der Waals surface area contributed by atoms with Crippen LogP contribution in [-0.4, -0.2) is 74.9 Å². The van der Waals surface area contributed by atoms with E-state index in [0.29, 0.717) is 18.1 Å². The molecular weight excluding hydrogens is 613 g/mol. The SMILES string of the molecule is C1CCOC1.CCC(O)(c1cc(F)c2c(c1)C(=O)N(Cc1ncc(Cl)cn1)C2O)C1(F)CCN(C)CC1.Clc1ccccc1. The van der Waals surface area contributed by atoms with Crippen molar-refractivity contribution in [1.29, 1.82) is 0 Å². The van der Waals surface area contributed by atoms with E-state index in [9.17, 15) is 15.0 Å². The standard InChI is InChI=1S/C22H25ClF2N4O3.C6H5Cl.C4H8O/c1-3-22(32,21(25)4-6-28(2)7-5-21)13-8-15-18(16(24)9-13)20(31)29(19(15)30)12-17-26-10-14(23)11-27-17;7-6-4-2-1-3-5-6;1-2-4-5-3-1/h8-11,20,31-32H,3-7,12H2,1-2H3;1-5H;1-4H2. The number of likely N-dealkylation sites (tertiary alicyclic amines) is 1. The van der Waals surface area contributed by atoms with Gasteiger partial charge >= 0.3 is 0 Å². The first-order valence-corrected chi connectivity index (χ1v) is 15.4. The van der Waals surface area contributed by atoms with Gasteiger partial charge in [-0.1, -0.05) is 48.3 Å². The van der Waals surface area contributed by atoms with Gasteiger partial charge in [-0.3, -0.25) is 4.79 Å². The van der Waals surface area contributed by atoms with Crippen LogP contribution in [-0.2, 0) is 16.9 Å². The van der Waals surface area contributed by atoms with E-state index < -0.39 is 29.2 Å². The van der Waals surface area contributed by atoms with Gasteiger partial charge in [-0.2, -0.15) is 0 Å². The molecule has 0 saturated carbocycles. The number of hydrogen-bond acceptors (Lipinski definition) is 7. The molecule has 12 heteroatoms. The topological polar surface area (TPSA) is 99.0 Å². The van der Waals surface area contributed by atoms with E-state index in [1.165, 1.54) is 31.3 Å². The number of benzene rings is 2. The Bertz CT molecular complexity index is 1380. The van der Waals surface area contributed by atoms with E-state index in [4.69, 9.17) is 27.9 Å². The first kappa shape index (κ1) is 34.1. The number of fused-ring (bicyclic) bond motifs is 1. The van der Waals surface area contributed by atoms with E-state index in [2.05, 4.69) is 9.97 Å². The minimum absolute atomic E-state index is 0.00448. The molecule has 8 nitrogen and oxygen atoms in total. The highest BCUT2D eigenvalue weighted by Crippen LogP contribution is 2.47. The quantitative estimate of drug-likeness (QED) is 0.345. The largest absolute Gasteiger partial charge is 0.382 e. The molecule has 3 aliphatic rings. The number of rotatable bonds is 5. The van der Waals surface area contributed by atoms with Gasteiger partial charge in [-0.25, -0.2) is 18.7 Å². The molecule has 0 spiro atoms. The Morgan fingerprint density at radius 3 is 2.18 bits per heavy atom. The monoisotopic (exact) mass is 650 g/mol. The van der Waals surface area contributed by atoms with Crippen molar-refractivity contribution in [1.82, 2.24) is 19.8 Å². The van der Waals surface area contributed by atoms with Crippen molar-refractivity contribution in [3.8, 4) is 0 Å². The van der Waals surface area contributed by atoms with E-state index in [1.54, 1.807) is 6.92 Å². The van der Waals surface area contributed by atoms with Gasteiger partial charge < -0.3 is 24.7 Å². The Balaban J connectivity index is 0.000000304. The molecule has 0 bridgehead atoms. The summed E-state index contributed by atoms with van der Waals surface area (Å²) >= 11 is 11.3. The maximum absolute atomic E-state index is 16.0. The summed E-state index contributed by atoms with van der Waals surface area (Å²) in [7, 11) is 1.87. The molecule has 6 rings (SSSR count). The highest BCUT2D eigenvalue weighted by molar-refractivity contribution is 6.30. The van der Waals surface area contributed by atoms with Crippen molar-refractivity contribution < 1.29 is 28.5 Å². The molecule has 238 valence electrons. The molecular formula is C32H38Cl2F2N4O4. The second-order valence-corrected chi connectivity index (χ2v) is 12.0. The van der Waals surface area contributed by atoms with Gasteiger partial charge in [0.1, 0.15) is 22.9 Å². The lowest BCUT2D eigenvalue weighted by molar-refractivity contribution is -0.136. The summed E-state index contributed by atoms with van der Waals surface area (Å²) in [4.78, 5) is 24.0. The van der Waals surface area contributed by atoms with Crippen LogP contribution in [0.1, 0.15) is 72.6 Å². The maximum atomic E-state index is 16.0. The van der Waals surface area contributed by atoms with Crippen LogP contribution in [0.4, 0.5) is 8.78 Å². The second-order valence-electron chi connectivity index (χ2n) is 11.1. The molecule has 2 fully saturated rings. The van der Waals surface area contributed by atoms with Crippen LogP contribution in [0.3, 0.4) is 0 Å². The minimum Gasteiger partial charge on any atom is -0.382 e. The van der Waals surface area contributed by atoms with Crippen molar-refractivity contribution >= 4 is 29.1 Å². The lowest BCUT2D eigenvalue weighted by Crippen LogP contribution is -2.54. The van der Waals surface area contributed by atoms with Crippen LogP contribution in [0.25, 0.3) is 0 Å². The van der Waals surface area contributed by atoms with Gasteiger partial charge in [-0.05, 0) is 69.0 Å². The molecule has 4 heterocycles. The lowest BCUT2D eigenvalue weighted by atomic mass is 9.71. The van der Waals surface area contributed by atoms with Crippen LogP contribution in [0, 0.1) is 5.82 Å². The number of alkyl halides is 1. The lowest BCUT2D eigenvalue weighted by Gasteiger charge is -2.45. The van der Waals surface area contributed by atoms with Crippen molar-refractivity contribution in [3.05, 3.63) is 93.2 Å². The molecule has 2 saturated heterocycles. The van der Waals surface area contributed by atoms with Crippen molar-refractivity contribution in [2.45, 2.75) is 63.1 Å². The second kappa shape index (κ2) is 15.0. The Hall–Kier alpha value is -2.73. The highest BCUT2D eigenvalue weighted by Gasteiger charge is 2.53. The predicted molar refractivity (Wildman–Crippen MR) is 165 cm³/mol. The fourth-order valence-electron chi connectivity index (χ4n) is 5.54. The molecule has 1 amide bonds. The van der Waals surface area contributed by atoms with E-state index >= 15 is 8.78 Å². The molecule has 3 aromatic rings. The molecule has 0 aliphatic carbocycles. The molecule has 44 heavy (non-hydrogen) atoms. The van der Waals surface area contributed by atoms with Crippen molar-refractivity contribution in [3.63, 3.8) is 0 Å². The Labute approximate surface area is 266 Å². The van der Waals surface area contributed by atoms with Crippen molar-refractivity contribution in [2.24, 2.45) is 0 Å². The van der Waals surface area contributed by atoms with Crippen LogP contribution >= 0.6 is 23.2 Å². The molecule has 0 radical (unpaired) electrons. The number of aromatic nitrogens is 2. The Kier molecular flexibility index (Phi) is 11.7. The van der Waals surface area contributed by atoms with E-state index in [-0.39, 0.29) is 48.3 Å². The third-order valence-electron chi connectivity index (χ3n) is 8.23. The van der Waals surface area contributed by atoms with Crippen LogP contribution in [0.5, 0.6) is 0 Å². The highest BCUT2D eigenvalue weighted by atomic mass is 35.5. The predicted octanol–water partition coefficient (Wildman–Crippen LogP) is 6.08. The third kappa shape index (κ3) is 7.73. The number of hydrogen-bond donors (Lipinski definition) is 2. The molecule has 2 aromatic carbocycles. The minimum atomic E-state index is -1.97. The summed E-state index contributed by atoms with van der Waals surface area (Å²) < 4.78 is 36.0. The number of aliphatic hydroxyl groups excluding tert-OH is 1. The summed E-state index contributed by atoms with van der Waals surface area (Å²) in [5, 5.41) is 23.2. The number of piperidine rings is 1. The number of aliphatic hydroxyl groups is 2. The third-order valence-corrected chi connectivity index (χ3v) is 8.68. The average Bonchev–Trinajstić information content (AvgIpc) is 3.68. The number of ether oxygens (including phenoxy) is 1. The molecule has 2 unspecified atom stereocenters. The van der Waals surface area contributed by atoms with Gasteiger partial charge in [0, 0.05) is 49.3 Å². The van der Waals surface area contributed by atoms with Gasteiger partial charge in [0.05, 0.1) is 17.1 Å². The van der Waals surface area contributed by atoms with Crippen LogP contribution < -0.4 is 0 Å². The summed E-state index contributed by atoms with van der Waals surface area (Å²) in [6.07, 6.45) is 3.89. The fraction of sp³-hybridized carbons (Fsp3) is 0.469. The van der Waals surface area contributed by atoms with Gasteiger partial charge in [0.25, 0.3) is 5.91 Å². The van der Waals surface area contributed by atoms with E-state index in [1.807, 2.05) is 42.3 Å². The zero-order valence-corrected chi connectivity index (χ0v) is 26.4. The smallest absolute Gasteiger partial charge is 0.257 e. The number of carbonyl (C=O) groups excluding carboxylic acids is 1. The zero-order valence-electron chi connectivity index (χ0n) is 24.9. The van der Waals surface area contributed by atoms with Gasteiger partial charge in [0.15, 0.2) is 6.23 Å². The zero-order chi connectivity index (χ0) is 31.9. The fourth-order valence-corrected chi connectivity index (χ4v) is 5.78. The molecule has 1 aromatic heterocycles. The van der Waals surface area contributed by atoms with Gasteiger partial charge in [0.2, 0.25) is 0 Å². The number of nitrogens with zero attached hydrogens (tertiary/aromatic N) is 4. The Morgan fingerprint density at radius 1 is 1.07 bits per heavy atom. The normalized spacial score (nSPS) is 20.6. The summed E-state index contributed by atoms with van der Waals surface area (Å²) in [5.41, 5.74) is -4.26.